The Morgan fingerprint density at radius 2 is 2.11 bits per heavy atom. The van der Waals surface area contributed by atoms with Gasteiger partial charge in [-0.25, -0.2) is 4.39 Å². The quantitative estimate of drug-likeness (QED) is 0.869. The highest BCUT2D eigenvalue weighted by molar-refractivity contribution is 7.10. The number of thiophene rings is 1. The summed E-state index contributed by atoms with van der Waals surface area (Å²) < 4.78 is 18.4. The van der Waals surface area contributed by atoms with Gasteiger partial charge in [-0.1, -0.05) is 13.0 Å². The number of nitrogens with one attached hydrogen (secondary N) is 1. The fraction of sp³-hybridized carbons (Fsp3) is 0.333. The Labute approximate surface area is 117 Å². The Balaban J connectivity index is 1.91. The summed E-state index contributed by atoms with van der Waals surface area (Å²) in [5, 5.41) is 5.46. The number of rotatable bonds is 6. The smallest absolute Gasteiger partial charge is 0.165 e. The molecule has 0 atom stereocenters. The highest BCUT2D eigenvalue weighted by Gasteiger charge is 2.04. The van der Waals surface area contributed by atoms with Crippen molar-refractivity contribution in [3.63, 3.8) is 0 Å². The summed E-state index contributed by atoms with van der Waals surface area (Å²) in [5.41, 5.74) is 2.31. The predicted octanol–water partition coefficient (Wildman–Crippen LogP) is 3.75. The fourth-order valence-electron chi connectivity index (χ4n) is 1.98. The highest BCUT2D eigenvalue weighted by Crippen LogP contribution is 2.19. The molecule has 0 fully saturated rings. The van der Waals surface area contributed by atoms with Crippen molar-refractivity contribution in [2.75, 3.05) is 7.11 Å². The minimum Gasteiger partial charge on any atom is -0.494 e. The van der Waals surface area contributed by atoms with Crippen molar-refractivity contribution in [2.45, 2.75) is 26.4 Å². The standard InChI is InChI=1S/C15H18FNOS/c1-3-12-6-7-19-15(12)10-17-9-11-4-5-14(18-2)13(16)8-11/h4-8,17H,3,9-10H2,1-2H3. The van der Waals surface area contributed by atoms with Crippen LogP contribution in [0.5, 0.6) is 5.75 Å². The lowest BCUT2D eigenvalue weighted by Crippen LogP contribution is -2.12. The third-order valence-electron chi connectivity index (χ3n) is 3.05. The second kappa shape index (κ2) is 6.68. The summed E-state index contributed by atoms with van der Waals surface area (Å²) >= 11 is 1.76. The molecule has 0 radical (unpaired) electrons. The van der Waals surface area contributed by atoms with Gasteiger partial charge in [-0.2, -0.15) is 0 Å². The van der Waals surface area contributed by atoms with Crippen LogP contribution in [0.2, 0.25) is 0 Å². The number of hydrogen-bond acceptors (Lipinski definition) is 3. The van der Waals surface area contributed by atoms with Gasteiger partial charge in [0.25, 0.3) is 0 Å². The molecule has 2 aromatic rings. The number of aryl methyl sites for hydroxylation is 1. The van der Waals surface area contributed by atoms with E-state index in [4.69, 9.17) is 4.74 Å². The van der Waals surface area contributed by atoms with Gasteiger partial charge in [0, 0.05) is 18.0 Å². The molecule has 1 heterocycles. The van der Waals surface area contributed by atoms with E-state index in [1.807, 2.05) is 6.07 Å². The van der Waals surface area contributed by atoms with Crippen LogP contribution in [0.3, 0.4) is 0 Å². The first-order chi connectivity index (χ1) is 9.24. The van der Waals surface area contributed by atoms with Crippen LogP contribution in [0.25, 0.3) is 0 Å². The molecule has 2 rings (SSSR count). The fourth-order valence-corrected chi connectivity index (χ4v) is 2.92. The largest absolute Gasteiger partial charge is 0.494 e. The normalized spacial score (nSPS) is 10.7. The summed E-state index contributed by atoms with van der Waals surface area (Å²) in [6.07, 6.45) is 1.05. The van der Waals surface area contributed by atoms with Gasteiger partial charge in [-0.3, -0.25) is 0 Å². The molecule has 0 aliphatic carbocycles. The van der Waals surface area contributed by atoms with Crippen molar-refractivity contribution in [3.8, 4) is 5.75 Å². The molecular weight excluding hydrogens is 261 g/mol. The number of benzene rings is 1. The molecule has 0 saturated heterocycles. The Kier molecular flexibility index (Phi) is 4.93. The minimum absolute atomic E-state index is 0.287. The van der Waals surface area contributed by atoms with Crippen molar-refractivity contribution in [2.24, 2.45) is 0 Å². The Hall–Kier alpha value is -1.39. The Morgan fingerprint density at radius 1 is 1.26 bits per heavy atom. The van der Waals surface area contributed by atoms with Gasteiger partial charge in [0.1, 0.15) is 0 Å². The molecule has 0 aliphatic heterocycles. The molecule has 1 aromatic heterocycles. The number of hydrogen-bond donors (Lipinski definition) is 1. The van der Waals surface area contributed by atoms with Gasteiger partial charge in [-0.05, 0) is 41.1 Å². The van der Waals surface area contributed by atoms with Crippen LogP contribution < -0.4 is 10.1 Å². The maximum absolute atomic E-state index is 13.5. The first-order valence-corrected chi connectivity index (χ1v) is 7.21. The van der Waals surface area contributed by atoms with E-state index in [-0.39, 0.29) is 11.6 Å². The van der Waals surface area contributed by atoms with E-state index in [0.717, 1.165) is 18.5 Å². The molecule has 102 valence electrons. The first kappa shape index (κ1) is 14.0. The summed E-state index contributed by atoms with van der Waals surface area (Å²) in [6, 6.07) is 7.22. The maximum atomic E-state index is 13.5. The van der Waals surface area contributed by atoms with E-state index in [1.54, 1.807) is 17.4 Å². The number of methoxy groups -OCH3 is 1. The summed E-state index contributed by atoms with van der Waals surface area (Å²) in [5.74, 6) is -0.0255. The SMILES string of the molecule is CCc1ccsc1CNCc1ccc(OC)c(F)c1. The van der Waals surface area contributed by atoms with Crippen LogP contribution in [-0.2, 0) is 19.5 Å². The van der Waals surface area contributed by atoms with Crippen molar-refractivity contribution in [1.29, 1.82) is 0 Å². The van der Waals surface area contributed by atoms with Crippen LogP contribution in [0.4, 0.5) is 4.39 Å². The summed E-state index contributed by atoms with van der Waals surface area (Å²) in [6.45, 7) is 3.64. The van der Waals surface area contributed by atoms with E-state index in [1.165, 1.54) is 23.6 Å². The molecule has 0 unspecified atom stereocenters. The third-order valence-corrected chi connectivity index (χ3v) is 4.01. The van der Waals surface area contributed by atoms with Crippen molar-refractivity contribution < 1.29 is 9.13 Å². The maximum Gasteiger partial charge on any atom is 0.165 e. The van der Waals surface area contributed by atoms with Crippen LogP contribution in [0.1, 0.15) is 22.9 Å². The predicted molar refractivity (Wildman–Crippen MR) is 77.2 cm³/mol. The van der Waals surface area contributed by atoms with Gasteiger partial charge in [0.15, 0.2) is 11.6 Å². The lowest BCUT2D eigenvalue weighted by Gasteiger charge is -2.07. The molecule has 0 bridgehead atoms. The van der Waals surface area contributed by atoms with E-state index in [9.17, 15) is 4.39 Å². The van der Waals surface area contributed by atoms with Crippen LogP contribution in [0, 0.1) is 5.82 Å². The second-order valence-electron chi connectivity index (χ2n) is 4.30. The van der Waals surface area contributed by atoms with E-state index in [0.29, 0.717) is 6.54 Å². The van der Waals surface area contributed by atoms with Crippen molar-refractivity contribution in [3.05, 3.63) is 51.5 Å². The minimum atomic E-state index is -0.313. The van der Waals surface area contributed by atoms with Crippen LogP contribution in [-0.4, -0.2) is 7.11 Å². The Morgan fingerprint density at radius 3 is 2.79 bits per heavy atom. The van der Waals surface area contributed by atoms with Crippen LogP contribution >= 0.6 is 11.3 Å². The second-order valence-corrected chi connectivity index (χ2v) is 5.30. The van der Waals surface area contributed by atoms with Gasteiger partial charge in [0.05, 0.1) is 7.11 Å². The van der Waals surface area contributed by atoms with E-state index >= 15 is 0 Å². The van der Waals surface area contributed by atoms with Crippen molar-refractivity contribution >= 4 is 11.3 Å². The van der Waals surface area contributed by atoms with Gasteiger partial charge in [0.2, 0.25) is 0 Å². The molecule has 0 amide bonds. The molecule has 19 heavy (non-hydrogen) atoms. The van der Waals surface area contributed by atoms with Crippen molar-refractivity contribution in [1.82, 2.24) is 5.32 Å². The van der Waals surface area contributed by atoms with Gasteiger partial charge >= 0.3 is 0 Å². The van der Waals surface area contributed by atoms with Gasteiger partial charge in [-0.15, -0.1) is 11.3 Å². The molecular formula is C15H18FNOS. The zero-order chi connectivity index (χ0) is 13.7. The average molecular weight is 279 g/mol. The summed E-state index contributed by atoms with van der Waals surface area (Å²) in [4.78, 5) is 1.36. The molecule has 0 aliphatic rings. The highest BCUT2D eigenvalue weighted by atomic mass is 32.1. The molecule has 1 aromatic carbocycles. The molecule has 0 spiro atoms. The number of halogens is 1. The first-order valence-electron chi connectivity index (χ1n) is 6.33. The molecule has 0 saturated carbocycles. The lowest BCUT2D eigenvalue weighted by molar-refractivity contribution is 0.386. The summed E-state index contributed by atoms with van der Waals surface area (Å²) in [7, 11) is 1.47. The van der Waals surface area contributed by atoms with E-state index < -0.39 is 0 Å². The zero-order valence-electron chi connectivity index (χ0n) is 11.2. The van der Waals surface area contributed by atoms with Gasteiger partial charge < -0.3 is 10.1 Å². The van der Waals surface area contributed by atoms with E-state index in [2.05, 4.69) is 23.7 Å². The molecule has 1 N–H and O–H groups in total. The molecule has 4 heteroatoms. The van der Waals surface area contributed by atoms with Crippen LogP contribution in [0.15, 0.2) is 29.6 Å². The lowest BCUT2D eigenvalue weighted by atomic mass is 10.2. The zero-order valence-corrected chi connectivity index (χ0v) is 12.0. The molecule has 2 nitrogen and oxygen atoms in total. The monoisotopic (exact) mass is 279 g/mol. The average Bonchev–Trinajstić information content (AvgIpc) is 2.86. The topological polar surface area (TPSA) is 21.3 Å². The number of ether oxygens (including phenoxy) is 1. The third kappa shape index (κ3) is 3.55. The Bertz CT molecular complexity index is 539.